The van der Waals surface area contributed by atoms with Crippen LogP contribution < -0.4 is 5.32 Å². The van der Waals surface area contributed by atoms with Gasteiger partial charge < -0.3 is 10.3 Å². The van der Waals surface area contributed by atoms with Gasteiger partial charge >= 0.3 is 0 Å². The van der Waals surface area contributed by atoms with Crippen molar-refractivity contribution < 1.29 is 0 Å². The molecule has 0 atom stereocenters. The summed E-state index contributed by atoms with van der Waals surface area (Å²) in [5.74, 6) is 0.683. The molecule has 27 heavy (non-hydrogen) atoms. The maximum Gasteiger partial charge on any atom is 0.0471 e. The number of nitrogens with one attached hydrogen (secondary N) is 2. The molecular weight excluding hydrogens is 330 g/mol. The van der Waals surface area contributed by atoms with E-state index in [0.717, 1.165) is 24.5 Å². The van der Waals surface area contributed by atoms with E-state index >= 15 is 0 Å². The Bertz CT molecular complexity index is 1110. The molecule has 2 aromatic carbocycles. The second kappa shape index (κ2) is 6.50. The molecule has 3 nitrogen and oxygen atoms in total. The number of aromatic amines is 1. The van der Waals surface area contributed by atoms with Crippen molar-refractivity contribution in [3.63, 3.8) is 0 Å². The highest BCUT2D eigenvalue weighted by atomic mass is 14.9. The first-order valence-electron chi connectivity index (χ1n) is 9.89. The quantitative estimate of drug-likeness (QED) is 0.501. The van der Waals surface area contributed by atoms with Crippen LogP contribution in [0.3, 0.4) is 0 Å². The van der Waals surface area contributed by atoms with Gasteiger partial charge in [-0.15, -0.1) is 0 Å². The zero-order chi connectivity index (χ0) is 18.4. The van der Waals surface area contributed by atoms with Gasteiger partial charge in [0.2, 0.25) is 0 Å². The number of H-pyrrole nitrogens is 1. The number of hydrogen-bond acceptors (Lipinski definition) is 2. The Morgan fingerprint density at radius 3 is 2.33 bits per heavy atom. The molecule has 2 N–H and O–H groups in total. The molecule has 1 fully saturated rings. The minimum Gasteiger partial charge on any atom is -0.354 e. The Labute approximate surface area is 159 Å². The van der Waals surface area contributed by atoms with E-state index in [4.69, 9.17) is 0 Å². The van der Waals surface area contributed by atoms with Gasteiger partial charge in [0.15, 0.2) is 0 Å². The third kappa shape index (κ3) is 3.02. The van der Waals surface area contributed by atoms with E-state index in [-0.39, 0.29) is 0 Å². The van der Waals surface area contributed by atoms with Crippen LogP contribution in [0.4, 0.5) is 0 Å². The lowest BCUT2D eigenvalue weighted by atomic mass is 9.89. The first-order valence-corrected chi connectivity index (χ1v) is 9.89. The smallest absolute Gasteiger partial charge is 0.0471 e. The molecule has 3 heterocycles. The van der Waals surface area contributed by atoms with E-state index in [9.17, 15) is 0 Å². The van der Waals surface area contributed by atoms with Crippen LogP contribution in [0, 0.1) is 13.8 Å². The molecule has 4 aromatic rings. The zero-order valence-electron chi connectivity index (χ0n) is 16.0. The molecule has 5 rings (SSSR count). The van der Waals surface area contributed by atoms with E-state index in [2.05, 4.69) is 77.7 Å². The van der Waals surface area contributed by atoms with Gasteiger partial charge in [-0.25, -0.2) is 0 Å². The van der Waals surface area contributed by atoms with Crippen molar-refractivity contribution >= 4 is 21.8 Å². The normalized spacial score (nSPS) is 15.6. The minimum absolute atomic E-state index is 0.683. The van der Waals surface area contributed by atoms with Crippen LogP contribution in [-0.2, 0) is 0 Å². The van der Waals surface area contributed by atoms with Crippen molar-refractivity contribution in [2.75, 3.05) is 13.1 Å². The number of hydrogen-bond donors (Lipinski definition) is 2. The van der Waals surface area contributed by atoms with E-state index in [1.807, 2.05) is 0 Å². The summed E-state index contributed by atoms with van der Waals surface area (Å²) < 4.78 is 0. The highest BCUT2D eigenvalue weighted by Gasteiger charge is 2.16. The molecule has 0 bridgehead atoms. The van der Waals surface area contributed by atoms with Crippen molar-refractivity contribution in [1.82, 2.24) is 15.3 Å². The third-order valence-electron chi connectivity index (χ3n) is 5.85. The molecule has 0 saturated carbocycles. The summed E-state index contributed by atoms with van der Waals surface area (Å²) in [6.07, 6.45) is 2.47. The van der Waals surface area contributed by atoms with Crippen LogP contribution in [0.15, 0.2) is 48.5 Å². The molecule has 136 valence electrons. The average Bonchev–Trinajstić information content (AvgIpc) is 3.05. The van der Waals surface area contributed by atoms with Gasteiger partial charge in [-0.2, -0.15) is 0 Å². The fraction of sp³-hybridized carbons (Fsp3) is 0.292. The predicted molar refractivity (Wildman–Crippen MR) is 113 cm³/mol. The Hall–Kier alpha value is -2.65. The molecule has 1 aliphatic rings. The Kier molecular flexibility index (Phi) is 3.98. The van der Waals surface area contributed by atoms with Crippen molar-refractivity contribution in [3.05, 3.63) is 65.5 Å². The SMILES string of the molecule is Cc1cc(-c2ccc3c(c2)[nH]c2ccc(C4CCNCC4)cc23)cc(C)n1. The fourth-order valence-corrected chi connectivity index (χ4v) is 4.51. The van der Waals surface area contributed by atoms with Crippen LogP contribution >= 0.6 is 0 Å². The topological polar surface area (TPSA) is 40.7 Å². The summed E-state index contributed by atoms with van der Waals surface area (Å²) in [5.41, 5.74) is 8.51. The van der Waals surface area contributed by atoms with Crippen molar-refractivity contribution in [2.24, 2.45) is 0 Å². The molecule has 0 radical (unpaired) electrons. The monoisotopic (exact) mass is 355 g/mol. The van der Waals surface area contributed by atoms with Gasteiger partial charge in [0, 0.05) is 33.2 Å². The molecule has 2 aromatic heterocycles. The summed E-state index contributed by atoms with van der Waals surface area (Å²) in [5, 5.41) is 6.12. The standard InChI is InChI=1S/C24H25N3/c1-15-11-20(12-16(2)26-15)19-3-5-21-22-13-18(17-7-9-25-10-8-17)4-6-23(22)27-24(21)14-19/h3-6,11-14,17,25,27H,7-10H2,1-2H3. The summed E-state index contributed by atoms with van der Waals surface area (Å²) in [6, 6.07) is 18.1. The van der Waals surface area contributed by atoms with Gasteiger partial charge in [-0.1, -0.05) is 18.2 Å². The van der Waals surface area contributed by atoms with Gasteiger partial charge in [0.1, 0.15) is 0 Å². The van der Waals surface area contributed by atoms with Crippen LogP contribution in [0.1, 0.15) is 35.7 Å². The zero-order valence-corrected chi connectivity index (χ0v) is 16.0. The first kappa shape index (κ1) is 16.5. The van der Waals surface area contributed by atoms with Gasteiger partial charge in [0.05, 0.1) is 0 Å². The molecule has 3 heteroatoms. The fourth-order valence-electron chi connectivity index (χ4n) is 4.51. The number of aryl methyl sites for hydroxylation is 2. The number of nitrogens with zero attached hydrogens (tertiary/aromatic N) is 1. The van der Waals surface area contributed by atoms with Crippen molar-refractivity contribution in [1.29, 1.82) is 0 Å². The largest absolute Gasteiger partial charge is 0.354 e. The lowest BCUT2D eigenvalue weighted by Crippen LogP contribution is -2.26. The average molecular weight is 355 g/mol. The lowest BCUT2D eigenvalue weighted by Gasteiger charge is -2.23. The number of aromatic nitrogens is 2. The second-order valence-corrected chi connectivity index (χ2v) is 7.85. The lowest BCUT2D eigenvalue weighted by molar-refractivity contribution is 0.460. The maximum atomic E-state index is 4.50. The number of pyridine rings is 1. The summed E-state index contributed by atoms with van der Waals surface area (Å²) in [4.78, 5) is 8.12. The molecule has 1 saturated heterocycles. The third-order valence-corrected chi connectivity index (χ3v) is 5.85. The van der Waals surface area contributed by atoms with Crippen LogP contribution in [0.5, 0.6) is 0 Å². The van der Waals surface area contributed by atoms with Gasteiger partial charge in [-0.05, 0) is 92.7 Å². The highest BCUT2D eigenvalue weighted by molar-refractivity contribution is 6.08. The van der Waals surface area contributed by atoms with Crippen molar-refractivity contribution in [2.45, 2.75) is 32.6 Å². The molecule has 0 aliphatic carbocycles. The first-order chi connectivity index (χ1) is 13.2. The van der Waals surface area contributed by atoms with Gasteiger partial charge in [0.25, 0.3) is 0 Å². The summed E-state index contributed by atoms with van der Waals surface area (Å²) >= 11 is 0. The summed E-state index contributed by atoms with van der Waals surface area (Å²) in [6.45, 7) is 6.37. The minimum atomic E-state index is 0.683. The number of fused-ring (bicyclic) bond motifs is 3. The van der Waals surface area contributed by atoms with E-state index in [0.29, 0.717) is 5.92 Å². The van der Waals surface area contributed by atoms with Crippen LogP contribution in [0.25, 0.3) is 32.9 Å². The molecule has 0 spiro atoms. The second-order valence-electron chi connectivity index (χ2n) is 7.85. The molecular formula is C24H25N3. The molecule has 0 amide bonds. The molecule has 0 unspecified atom stereocenters. The van der Waals surface area contributed by atoms with E-state index in [1.54, 1.807) is 0 Å². The number of piperidine rings is 1. The molecule has 1 aliphatic heterocycles. The number of rotatable bonds is 2. The van der Waals surface area contributed by atoms with Crippen molar-refractivity contribution in [3.8, 4) is 11.1 Å². The van der Waals surface area contributed by atoms with E-state index in [1.165, 1.54) is 51.3 Å². The highest BCUT2D eigenvalue weighted by Crippen LogP contribution is 2.33. The Morgan fingerprint density at radius 1 is 0.778 bits per heavy atom. The van der Waals surface area contributed by atoms with Crippen LogP contribution in [0.2, 0.25) is 0 Å². The Morgan fingerprint density at radius 2 is 1.56 bits per heavy atom. The maximum absolute atomic E-state index is 4.50. The number of benzene rings is 2. The summed E-state index contributed by atoms with van der Waals surface area (Å²) in [7, 11) is 0. The Balaban J connectivity index is 1.60. The van der Waals surface area contributed by atoms with Gasteiger partial charge in [-0.3, -0.25) is 4.98 Å². The predicted octanol–water partition coefficient (Wildman–Crippen LogP) is 5.47. The van der Waals surface area contributed by atoms with Crippen LogP contribution in [-0.4, -0.2) is 23.1 Å². The van der Waals surface area contributed by atoms with E-state index < -0.39 is 0 Å².